The molecule has 2 nitrogen and oxygen atoms in total. The standard InChI is InChI=1S/C19H28N2/c1-19(2,3)14-21(5)13-18(20-4)17-11-10-15-8-6-7-9-16(15)12-17/h6-12,18,20H,13-14H2,1-5H3. The van der Waals surface area contributed by atoms with Crippen molar-refractivity contribution in [2.24, 2.45) is 5.41 Å². The maximum atomic E-state index is 3.46. The van der Waals surface area contributed by atoms with Gasteiger partial charge < -0.3 is 10.2 Å². The summed E-state index contributed by atoms with van der Waals surface area (Å²) in [5.41, 5.74) is 1.69. The Morgan fingerprint density at radius 1 is 1.05 bits per heavy atom. The highest BCUT2D eigenvalue weighted by Crippen LogP contribution is 2.22. The number of hydrogen-bond acceptors (Lipinski definition) is 2. The van der Waals surface area contributed by atoms with E-state index in [0.717, 1.165) is 13.1 Å². The lowest BCUT2D eigenvalue weighted by molar-refractivity contribution is 0.210. The summed E-state index contributed by atoms with van der Waals surface area (Å²) < 4.78 is 0. The molecule has 0 saturated heterocycles. The Labute approximate surface area is 129 Å². The molecule has 2 heteroatoms. The Morgan fingerprint density at radius 2 is 1.71 bits per heavy atom. The Bertz CT molecular complexity index is 583. The van der Waals surface area contributed by atoms with E-state index in [-0.39, 0.29) is 0 Å². The molecule has 1 atom stereocenters. The van der Waals surface area contributed by atoms with Gasteiger partial charge in [-0.15, -0.1) is 0 Å². The van der Waals surface area contributed by atoms with E-state index in [1.54, 1.807) is 0 Å². The average molecular weight is 284 g/mol. The largest absolute Gasteiger partial charge is 0.312 e. The topological polar surface area (TPSA) is 15.3 Å². The highest BCUT2D eigenvalue weighted by atomic mass is 15.1. The molecular formula is C19H28N2. The maximum absolute atomic E-state index is 3.46. The van der Waals surface area contributed by atoms with Crippen LogP contribution in [0.3, 0.4) is 0 Å². The normalized spacial score (nSPS) is 13.8. The lowest BCUT2D eigenvalue weighted by atomic mass is 9.95. The van der Waals surface area contributed by atoms with Gasteiger partial charge in [0.1, 0.15) is 0 Å². The van der Waals surface area contributed by atoms with Gasteiger partial charge in [0.25, 0.3) is 0 Å². The molecule has 1 N–H and O–H groups in total. The quantitative estimate of drug-likeness (QED) is 0.890. The minimum absolute atomic E-state index is 0.330. The maximum Gasteiger partial charge on any atom is 0.0446 e. The van der Waals surface area contributed by atoms with Crippen LogP contribution in [0.1, 0.15) is 32.4 Å². The first-order valence-corrected chi connectivity index (χ1v) is 7.73. The second-order valence-corrected chi connectivity index (χ2v) is 7.21. The van der Waals surface area contributed by atoms with Crippen LogP contribution in [0.15, 0.2) is 42.5 Å². The van der Waals surface area contributed by atoms with Gasteiger partial charge in [-0.1, -0.05) is 57.2 Å². The molecule has 0 bridgehead atoms. The minimum Gasteiger partial charge on any atom is -0.312 e. The van der Waals surface area contributed by atoms with Crippen molar-refractivity contribution in [3.05, 3.63) is 48.0 Å². The third kappa shape index (κ3) is 4.55. The molecule has 0 aromatic heterocycles. The molecule has 0 amide bonds. The molecule has 0 aliphatic carbocycles. The fraction of sp³-hybridized carbons (Fsp3) is 0.474. The summed E-state index contributed by atoms with van der Waals surface area (Å²) in [5, 5.41) is 6.08. The number of rotatable bonds is 5. The summed E-state index contributed by atoms with van der Waals surface area (Å²) in [6.07, 6.45) is 0. The summed E-state index contributed by atoms with van der Waals surface area (Å²) in [6.45, 7) is 8.97. The molecule has 114 valence electrons. The number of nitrogens with zero attached hydrogens (tertiary/aromatic N) is 1. The van der Waals surface area contributed by atoms with Crippen LogP contribution in [0.5, 0.6) is 0 Å². The first kappa shape index (κ1) is 16.0. The Balaban J connectivity index is 2.15. The predicted molar refractivity (Wildman–Crippen MR) is 92.7 cm³/mol. The van der Waals surface area contributed by atoms with Gasteiger partial charge >= 0.3 is 0 Å². The summed E-state index contributed by atoms with van der Waals surface area (Å²) in [5.74, 6) is 0. The molecule has 0 aliphatic heterocycles. The fourth-order valence-electron chi connectivity index (χ4n) is 2.97. The molecule has 0 saturated carbocycles. The van der Waals surface area contributed by atoms with Crippen molar-refractivity contribution in [1.82, 2.24) is 10.2 Å². The van der Waals surface area contributed by atoms with E-state index in [1.165, 1.54) is 16.3 Å². The van der Waals surface area contributed by atoms with Gasteiger partial charge in [-0.3, -0.25) is 0 Å². The van der Waals surface area contributed by atoms with Gasteiger partial charge in [0.15, 0.2) is 0 Å². The zero-order chi connectivity index (χ0) is 15.5. The van der Waals surface area contributed by atoms with E-state index in [1.807, 2.05) is 7.05 Å². The molecule has 0 heterocycles. The molecule has 2 aromatic rings. The first-order chi connectivity index (χ1) is 9.89. The molecule has 2 aromatic carbocycles. The molecular weight excluding hydrogens is 256 g/mol. The number of fused-ring (bicyclic) bond motifs is 1. The highest BCUT2D eigenvalue weighted by Gasteiger charge is 2.17. The predicted octanol–water partition coefficient (Wildman–Crippen LogP) is 4.08. The van der Waals surface area contributed by atoms with Gasteiger partial charge in [0, 0.05) is 19.1 Å². The SMILES string of the molecule is CNC(CN(C)CC(C)(C)C)c1ccc2ccccc2c1. The molecule has 21 heavy (non-hydrogen) atoms. The van der Waals surface area contributed by atoms with E-state index in [9.17, 15) is 0 Å². The van der Waals surface area contributed by atoms with Crippen LogP contribution < -0.4 is 5.32 Å². The lowest BCUT2D eigenvalue weighted by Crippen LogP contribution is -2.36. The zero-order valence-electron chi connectivity index (χ0n) is 14.0. The second kappa shape index (κ2) is 6.59. The van der Waals surface area contributed by atoms with Gasteiger partial charge in [-0.05, 0) is 41.9 Å². The van der Waals surface area contributed by atoms with Crippen molar-refractivity contribution in [3.63, 3.8) is 0 Å². The van der Waals surface area contributed by atoms with Crippen molar-refractivity contribution in [3.8, 4) is 0 Å². The highest BCUT2D eigenvalue weighted by molar-refractivity contribution is 5.83. The summed E-state index contributed by atoms with van der Waals surface area (Å²) in [6, 6.07) is 15.7. The number of likely N-dealkylation sites (N-methyl/N-ethyl adjacent to an activating group) is 2. The van der Waals surface area contributed by atoms with Crippen LogP contribution in [0.4, 0.5) is 0 Å². The number of hydrogen-bond donors (Lipinski definition) is 1. The summed E-state index contributed by atoms with van der Waals surface area (Å²) in [4.78, 5) is 2.41. The lowest BCUT2D eigenvalue weighted by Gasteiger charge is -2.30. The van der Waals surface area contributed by atoms with Gasteiger partial charge in [0.05, 0.1) is 0 Å². The van der Waals surface area contributed by atoms with Gasteiger partial charge in [-0.25, -0.2) is 0 Å². The molecule has 0 aliphatic rings. The minimum atomic E-state index is 0.330. The van der Waals surface area contributed by atoms with Crippen LogP contribution in [0.25, 0.3) is 10.8 Å². The van der Waals surface area contributed by atoms with E-state index in [0.29, 0.717) is 11.5 Å². The smallest absolute Gasteiger partial charge is 0.0446 e. The fourth-order valence-corrected chi connectivity index (χ4v) is 2.97. The van der Waals surface area contributed by atoms with E-state index < -0.39 is 0 Å². The van der Waals surface area contributed by atoms with Gasteiger partial charge in [0.2, 0.25) is 0 Å². The molecule has 0 radical (unpaired) electrons. The van der Waals surface area contributed by atoms with Crippen molar-refractivity contribution >= 4 is 10.8 Å². The van der Waals surface area contributed by atoms with Crippen LogP contribution in [0.2, 0.25) is 0 Å². The third-order valence-corrected chi connectivity index (χ3v) is 3.76. The van der Waals surface area contributed by atoms with Crippen LogP contribution in [-0.2, 0) is 0 Å². The van der Waals surface area contributed by atoms with Crippen LogP contribution in [0, 0.1) is 5.41 Å². The Morgan fingerprint density at radius 3 is 2.33 bits per heavy atom. The zero-order valence-corrected chi connectivity index (χ0v) is 14.0. The molecule has 0 spiro atoms. The van der Waals surface area contributed by atoms with E-state index in [4.69, 9.17) is 0 Å². The first-order valence-electron chi connectivity index (χ1n) is 7.73. The number of nitrogens with one attached hydrogen (secondary N) is 1. The molecule has 1 unspecified atom stereocenters. The molecule has 0 fully saturated rings. The monoisotopic (exact) mass is 284 g/mol. The van der Waals surface area contributed by atoms with E-state index in [2.05, 4.69) is 80.5 Å². The van der Waals surface area contributed by atoms with Crippen LogP contribution in [-0.4, -0.2) is 32.1 Å². The van der Waals surface area contributed by atoms with Crippen molar-refractivity contribution in [2.75, 3.05) is 27.2 Å². The summed E-state index contributed by atoms with van der Waals surface area (Å²) >= 11 is 0. The van der Waals surface area contributed by atoms with Crippen LogP contribution >= 0.6 is 0 Å². The van der Waals surface area contributed by atoms with Crippen molar-refractivity contribution in [1.29, 1.82) is 0 Å². The Kier molecular flexibility index (Phi) is 5.02. The van der Waals surface area contributed by atoms with Crippen molar-refractivity contribution < 1.29 is 0 Å². The van der Waals surface area contributed by atoms with Crippen molar-refractivity contribution in [2.45, 2.75) is 26.8 Å². The Hall–Kier alpha value is -1.38. The summed E-state index contributed by atoms with van der Waals surface area (Å²) in [7, 11) is 4.25. The third-order valence-electron chi connectivity index (χ3n) is 3.76. The van der Waals surface area contributed by atoms with E-state index >= 15 is 0 Å². The van der Waals surface area contributed by atoms with Gasteiger partial charge in [-0.2, -0.15) is 0 Å². The average Bonchev–Trinajstić information content (AvgIpc) is 2.42. The number of benzene rings is 2. The second-order valence-electron chi connectivity index (χ2n) is 7.21. The molecule has 2 rings (SSSR count).